The van der Waals surface area contributed by atoms with Gasteiger partial charge in [0.2, 0.25) is 5.95 Å². The number of nitrogens with two attached hydrogens (primary N) is 1. The maximum Gasteiger partial charge on any atom is 0.416 e. The van der Waals surface area contributed by atoms with Crippen molar-refractivity contribution in [2.75, 3.05) is 5.32 Å². The molecule has 3 rings (SSSR count). The van der Waals surface area contributed by atoms with Gasteiger partial charge in [-0.3, -0.25) is 0 Å². The number of benzene rings is 1. The molecule has 1 saturated carbocycles. The Labute approximate surface area is 142 Å². The molecule has 0 saturated heterocycles. The Bertz CT molecular complexity index is 776. The Morgan fingerprint density at radius 2 is 1.96 bits per heavy atom. The molecule has 134 valence electrons. The minimum absolute atomic E-state index is 0.0416. The van der Waals surface area contributed by atoms with E-state index in [0.29, 0.717) is 23.3 Å². The highest BCUT2D eigenvalue weighted by molar-refractivity contribution is 5.66. The number of alkyl halides is 3. The van der Waals surface area contributed by atoms with Crippen LogP contribution in [0.3, 0.4) is 0 Å². The maximum absolute atomic E-state index is 14.1. The molecule has 4 nitrogen and oxygen atoms in total. The number of nitrogens with zero attached hydrogens (tertiary/aromatic N) is 2. The van der Waals surface area contributed by atoms with Crippen molar-refractivity contribution in [1.29, 1.82) is 0 Å². The van der Waals surface area contributed by atoms with E-state index in [-0.39, 0.29) is 17.6 Å². The maximum atomic E-state index is 14.1. The van der Waals surface area contributed by atoms with E-state index in [2.05, 4.69) is 15.3 Å². The Morgan fingerprint density at radius 1 is 1.20 bits per heavy atom. The Kier molecular flexibility index (Phi) is 4.64. The summed E-state index contributed by atoms with van der Waals surface area (Å²) in [5, 5.41) is 3.19. The largest absolute Gasteiger partial charge is 0.416 e. The molecule has 2 unspecified atom stereocenters. The summed E-state index contributed by atoms with van der Waals surface area (Å²) < 4.78 is 52.1. The second-order valence-electron chi connectivity index (χ2n) is 6.30. The summed E-state index contributed by atoms with van der Waals surface area (Å²) in [5.74, 6) is -0.545. The predicted octanol–water partition coefficient (Wildman–Crippen LogP) is 3.90. The lowest BCUT2D eigenvalue weighted by Gasteiger charge is -2.14. The van der Waals surface area contributed by atoms with Crippen LogP contribution < -0.4 is 11.1 Å². The molecule has 1 heterocycles. The van der Waals surface area contributed by atoms with Crippen molar-refractivity contribution in [1.82, 2.24) is 9.97 Å². The number of aromatic nitrogens is 2. The van der Waals surface area contributed by atoms with Crippen LogP contribution in [0.5, 0.6) is 0 Å². The van der Waals surface area contributed by atoms with E-state index in [1.807, 2.05) is 0 Å². The lowest BCUT2D eigenvalue weighted by molar-refractivity contribution is -0.137. The fraction of sp³-hybridized carbons (Fsp3) is 0.412. The van der Waals surface area contributed by atoms with Crippen LogP contribution in [0.25, 0.3) is 11.1 Å². The van der Waals surface area contributed by atoms with Gasteiger partial charge in [-0.1, -0.05) is 6.07 Å². The van der Waals surface area contributed by atoms with E-state index < -0.39 is 17.6 Å². The fourth-order valence-corrected chi connectivity index (χ4v) is 3.04. The average Bonchev–Trinajstić information content (AvgIpc) is 2.92. The molecular formula is C17H18F4N4. The van der Waals surface area contributed by atoms with Crippen molar-refractivity contribution in [3.63, 3.8) is 0 Å². The van der Waals surface area contributed by atoms with Crippen LogP contribution in [0.4, 0.5) is 23.5 Å². The lowest BCUT2D eigenvalue weighted by atomic mass is 10.0. The van der Waals surface area contributed by atoms with E-state index in [1.165, 1.54) is 6.20 Å². The first kappa shape index (κ1) is 17.6. The molecule has 1 aromatic carbocycles. The van der Waals surface area contributed by atoms with Gasteiger partial charge in [0, 0.05) is 29.4 Å². The highest BCUT2D eigenvalue weighted by atomic mass is 19.4. The number of halogens is 4. The predicted molar refractivity (Wildman–Crippen MR) is 86.4 cm³/mol. The van der Waals surface area contributed by atoms with Gasteiger partial charge < -0.3 is 11.1 Å². The molecule has 2 atom stereocenters. The quantitative estimate of drug-likeness (QED) is 0.821. The Balaban J connectivity index is 1.83. The summed E-state index contributed by atoms with van der Waals surface area (Å²) in [5.41, 5.74) is 5.73. The molecule has 1 aliphatic carbocycles. The number of hydrogen-bond donors (Lipinski definition) is 2. The minimum atomic E-state index is -4.58. The van der Waals surface area contributed by atoms with Crippen molar-refractivity contribution in [2.24, 2.45) is 5.73 Å². The third kappa shape index (κ3) is 3.89. The fourth-order valence-electron chi connectivity index (χ4n) is 3.04. The van der Waals surface area contributed by atoms with Crippen molar-refractivity contribution >= 4 is 5.95 Å². The Morgan fingerprint density at radius 3 is 2.52 bits per heavy atom. The highest BCUT2D eigenvalue weighted by Crippen LogP contribution is 2.33. The van der Waals surface area contributed by atoms with Gasteiger partial charge in [0.05, 0.1) is 11.3 Å². The standard InChI is InChI=1S/C17H18F4N4/c1-9-14(13-5-2-10(6-15(13)18)17(19,20)21)8-23-16(24-9)25-12-4-3-11(22)7-12/h2,5-6,8,11-12H,3-4,7,22H2,1H3,(H,23,24,25). The SMILES string of the molecule is Cc1nc(NC2CCC(N)C2)ncc1-c1ccc(C(F)(F)F)cc1F. The van der Waals surface area contributed by atoms with E-state index >= 15 is 0 Å². The molecule has 25 heavy (non-hydrogen) atoms. The van der Waals surface area contributed by atoms with E-state index in [0.717, 1.165) is 31.4 Å². The molecule has 0 aliphatic heterocycles. The summed E-state index contributed by atoms with van der Waals surface area (Å²) in [6, 6.07) is 2.81. The van der Waals surface area contributed by atoms with Gasteiger partial charge in [-0.2, -0.15) is 13.2 Å². The van der Waals surface area contributed by atoms with Crippen LogP contribution in [0.2, 0.25) is 0 Å². The summed E-state index contributed by atoms with van der Waals surface area (Å²) in [6.07, 6.45) is -0.464. The monoisotopic (exact) mass is 354 g/mol. The van der Waals surface area contributed by atoms with E-state index in [1.54, 1.807) is 6.92 Å². The minimum Gasteiger partial charge on any atom is -0.351 e. The van der Waals surface area contributed by atoms with E-state index in [9.17, 15) is 17.6 Å². The number of hydrogen-bond acceptors (Lipinski definition) is 4. The zero-order chi connectivity index (χ0) is 18.2. The first-order valence-electron chi connectivity index (χ1n) is 7.97. The highest BCUT2D eigenvalue weighted by Gasteiger charge is 2.31. The van der Waals surface area contributed by atoms with Crippen LogP contribution in [0.15, 0.2) is 24.4 Å². The van der Waals surface area contributed by atoms with Crippen LogP contribution in [-0.4, -0.2) is 22.1 Å². The second kappa shape index (κ2) is 6.59. The molecule has 1 fully saturated rings. The van der Waals surface area contributed by atoms with Gasteiger partial charge in [0.1, 0.15) is 5.82 Å². The second-order valence-corrected chi connectivity index (χ2v) is 6.30. The van der Waals surface area contributed by atoms with Gasteiger partial charge in [-0.05, 0) is 38.3 Å². The topological polar surface area (TPSA) is 63.8 Å². The molecule has 1 aromatic heterocycles. The molecule has 8 heteroatoms. The lowest BCUT2D eigenvalue weighted by Crippen LogP contribution is -2.21. The van der Waals surface area contributed by atoms with Crippen molar-refractivity contribution in [2.45, 2.75) is 44.4 Å². The van der Waals surface area contributed by atoms with Crippen molar-refractivity contribution < 1.29 is 17.6 Å². The van der Waals surface area contributed by atoms with Crippen LogP contribution in [-0.2, 0) is 6.18 Å². The molecule has 2 aromatic rings. The first-order chi connectivity index (χ1) is 11.7. The van der Waals surface area contributed by atoms with Crippen LogP contribution in [0.1, 0.15) is 30.5 Å². The third-order valence-electron chi connectivity index (χ3n) is 4.37. The zero-order valence-electron chi connectivity index (χ0n) is 13.6. The van der Waals surface area contributed by atoms with E-state index in [4.69, 9.17) is 5.73 Å². The van der Waals surface area contributed by atoms with Gasteiger partial charge in [0.25, 0.3) is 0 Å². The molecule has 0 spiro atoms. The first-order valence-corrected chi connectivity index (χ1v) is 7.97. The van der Waals surface area contributed by atoms with Crippen molar-refractivity contribution in [3.8, 4) is 11.1 Å². The number of aryl methyl sites for hydroxylation is 1. The van der Waals surface area contributed by atoms with Crippen LogP contribution >= 0.6 is 0 Å². The average molecular weight is 354 g/mol. The molecule has 3 N–H and O–H groups in total. The van der Waals surface area contributed by atoms with Crippen LogP contribution in [0, 0.1) is 12.7 Å². The third-order valence-corrected chi connectivity index (χ3v) is 4.37. The normalized spacial score (nSPS) is 20.7. The number of anilines is 1. The molecular weight excluding hydrogens is 336 g/mol. The molecule has 0 amide bonds. The number of rotatable bonds is 3. The summed E-state index contributed by atoms with van der Waals surface area (Å²) in [4.78, 5) is 8.46. The molecule has 0 bridgehead atoms. The summed E-state index contributed by atoms with van der Waals surface area (Å²) >= 11 is 0. The molecule has 1 aliphatic rings. The van der Waals surface area contributed by atoms with Gasteiger partial charge in [-0.25, -0.2) is 14.4 Å². The number of nitrogens with one attached hydrogen (secondary N) is 1. The van der Waals surface area contributed by atoms with Gasteiger partial charge in [0.15, 0.2) is 0 Å². The van der Waals surface area contributed by atoms with Gasteiger partial charge in [-0.15, -0.1) is 0 Å². The van der Waals surface area contributed by atoms with Crippen molar-refractivity contribution in [3.05, 3.63) is 41.5 Å². The van der Waals surface area contributed by atoms with Gasteiger partial charge >= 0.3 is 6.18 Å². The summed E-state index contributed by atoms with van der Waals surface area (Å²) in [6.45, 7) is 1.67. The molecule has 0 radical (unpaired) electrons. The summed E-state index contributed by atoms with van der Waals surface area (Å²) in [7, 11) is 0. The smallest absolute Gasteiger partial charge is 0.351 e. The Hall–Kier alpha value is -2.22. The zero-order valence-corrected chi connectivity index (χ0v) is 13.6.